The molecule has 0 saturated carbocycles. The van der Waals surface area contributed by atoms with Gasteiger partial charge in [-0.25, -0.2) is 0 Å². The van der Waals surface area contributed by atoms with Crippen molar-refractivity contribution in [3.8, 4) is 0 Å². The fourth-order valence-electron chi connectivity index (χ4n) is 3.11. The molecule has 1 aromatic heterocycles. The predicted molar refractivity (Wildman–Crippen MR) is 82.0 cm³/mol. The molecule has 5 heteroatoms. The highest BCUT2D eigenvalue weighted by Gasteiger charge is 2.25. The number of thiophene rings is 1. The molecule has 3 heterocycles. The van der Waals surface area contributed by atoms with E-state index in [1.165, 1.54) is 23.3 Å². The largest absolute Gasteiger partial charge is 0.337 e. The molecule has 1 atom stereocenters. The zero-order valence-corrected chi connectivity index (χ0v) is 12.9. The summed E-state index contributed by atoms with van der Waals surface area (Å²) in [5, 5.41) is 5.55. The smallest absolute Gasteiger partial charge is 0.237 e. The van der Waals surface area contributed by atoms with E-state index in [1.807, 2.05) is 16.2 Å². The number of rotatable bonds is 3. The Kier molecular flexibility index (Phi) is 4.38. The van der Waals surface area contributed by atoms with Crippen molar-refractivity contribution in [1.29, 1.82) is 0 Å². The van der Waals surface area contributed by atoms with E-state index in [4.69, 9.17) is 0 Å². The second-order valence-corrected chi connectivity index (χ2v) is 6.85. The molecule has 3 rings (SSSR count). The summed E-state index contributed by atoms with van der Waals surface area (Å²) in [6.45, 7) is 4.35. The number of hydrogen-bond donors (Lipinski definition) is 1. The van der Waals surface area contributed by atoms with Gasteiger partial charge in [0.1, 0.15) is 0 Å². The number of amides is 1. The van der Waals surface area contributed by atoms with E-state index in [0.717, 1.165) is 32.6 Å². The Morgan fingerprint density at radius 1 is 1.60 bits per heavy atom. The maximum atomic E-state index is 12.5. The molecule has 1 amide bonds. The SMILES string of the molecule is CN(CC(=O)N1CCc2sccc2C1)C1CCCNC1. The van der Waals surface area contributed by atoms with Crippen molar-refractivity contribution < 1.29 is 4.79 Å². The first-order valence-corrected chi connectivity index (χ1v) is 8.36. The fourth-order valence-corrected chi connectivity index (χ4v) is 4.00. The Labute approximate surface area is 124 Å². The Balaban J connectivity index is 1.54. The quantitative estimate of drug-likeness (QED) is 0.913. The van der Waals surface area contributed by atoms with Gasteiger partial charge in [0.15, 0.2) is 0 Å². The molecule has 2 aliphatic heterocycles. The van der Waals surface area contributed by atoms with Gasteiger partial charge in [-0.05, 0) is 49.9 Å². The monoisotopic (exact) mass is 293 g/mol. The van der Waals surface area contributed by atoms with Crippen LogP contribution in [0.2, 0.25) is 0 Å². The van der Waals surface area contributed by atoms with Crippen LogP contribution in [0.5, 0.6) is 0 Å². The third-order valence-electron chi connectivity index (χ3n) is 4.44. The van der Waals surface area contributed by atoms with E-state index in [9.17, 15) is 4.79 Å². The Morgan fingerprint density at radius 2 is 2.50 bits per heavy atom. The van der Waals surface area contributed by atoms with Crippen molar-refractivity contribution in [2.75, 3.05) is 33.2 Å². The highest BCUT2D eigenvalue weighted by atomic mass is 32.1. The first-order valence-electron chi connectivity index (χ1n) is 7.48. The van der Waals surface area contributed by atoms with Gasteiger partial charge >= 0.3 is 0 Å². The van der Waals surface area contributed by atoms with Crippen molar-refractivity contribution in [3.63, 3.8) is 0 Å². The lowest BCUT2D eigenvalue weighted by Gasteiger charge is -2.34. The average molecular weight is 293 g/mol. The van der Waals surface area contributed by atoms with Crippen LogP contribution in [0.4, 0.5) is 0 Å². The Morgan fingerprint density at radius 3 is 3.30 bits per heavy atom. The van der Waals surface area contributed by atoms with E-state index >= 15 is 0 Å². The molecule has 1 unspecified atom stereocenters. The van der Waals surface area contributed by atoms with Crippen molar-refractivity contribution in [3.05, 3.63) is 21.9 Å². The van der Waals surface area contributed by atoms with Crippen LogP contribution in [0.3, 0.4) is 0 Å². The lowest BCUT2D eigenvalue weighted by Crippen LogP contribution is -2.49. The Bertz CT molecular complexity index is 467. The van der Waals surface area contributed by atoms with E-state index in [0.29, 0.717) is 12.6 Å². The van der Waals surface area contributed by atoms with Crippen molar-refractivity contribution >= 4 is 17.2 Å². The molecule has 0 aromatic carbocycles. The molecule has 1 aromatic rings. The third kappa shape index (κ3) is 3.05. The molecule has 2 aliphatic rings. The minimum absolute atomic E-state index is 0.273. The topological polar surface area (TPSA) is 35.6 Å². The van der Waals surface area contributed by atoms with Crippen LogP contribution >= 0.6 is 11.3 Å². The van der Waals surface area contributed by atoms with E-state index in [-0.39, 0.29) is 5.91 Å². The lowest BCUT2D eigenvalue weighted by atomic mass is 10.1. The molecule has 20 heavy (non-hydrogen) atoms. The number of carbonyl (C=O) groups is 1. The van der Waals surface area contributed by atoms with Crippen molar-refractivity contribution in [2.45, 2.75) is 31.8 Å². The van der Waals surface area contributed by atoms with Crippen molar-refractivity contribution in [1.82, 2.24) is 15.1 Å². The predicted octanol–water partition coefficient (Wildman–Crippen LogP) is 1.32. The number of nitrogens with one attached hydrogen (secondary N) is 1. The summed E-state index contributed by atoms with van der Waals surface area (Å²) in [6, 6.07) is 2.67. The first-order chi connectivity index (χ1) is 9.74. The van der Waals surface area contributed by atoms with Gasteiger partial charge < -0.3 is 10.2 Å². The van der Waals surface area contributed by atoms with Crippen LogP contribution in [0.15, 0.2) is 11.4 Å². The van der Waals surface area contributed by atoms with Gasteiger partial charge in [-0.2, -0.15) is 0 Å². The van der Waals surface area contributed by atoms with Gasteiger partial charge in [-0.1, -0.05) is 0 Å². The molecular formula is C15H23N3OS. The van der Waals surface area contributed by atoms with E-state index in [1.54, 1.807) is 0 Å². The maximum absolute atomic E-state index is 12.5. The molecule has 0 radical (unpaired) electrons. The van der Waals surface area contributed by atoms with Crippen LogP contribution < -0.4 is 5.32 Å². The van der Waals surface area contributed by atoms with Crippen LogP contribution in [-0.4, -0.2) is 55.0 Å². The first kappa shape index (κ1) is 14.0. The number of carbonyl (C=O) groups excluding carboxylic acids is 1. The van der Waals surface area contributed by atoms with E-state index < -0.39 is 0 Å². The van der Waals surface area contributed by atoms with Crippen LogP contribution in [0.25, 0.3) is 0 Å². The number of likely N-dealkylation sites (N-methyl/N-ethyl adjacent to an activating group) is 1. The summed E-state index contributed by atoms with van der Waals surface area (Å²) < 4.78 is 0. The molecular weight excluding hydrogens is 270 g/mol. The fraction of sp³-hybridized carbons (Fsp3) is 0.667. The number of nitrogens with zero attached hydrogens (tertiary/aromatic N) is 2. The molecule has 0 aliphatic carbocycles. The van der Waals surface area contributed by atoms with Gasteiger partial charge in [-0.15, -0.1) is 11.3 Å². The zero-order chi connectivity index (χ0) is 13.9. The molecule has 110 valence electrons. The Hall–Kier alpha value is -0.910. The summed E-state index contributed by atoms with van der Waals surface area (Å²) in [5.41, 5.74) is 1.34. The molecule has 0 spiro atoms. The summed E-state index contributed by atoms with van der Waals surface area (Å²) in [4.78, 5) is 18.1. The summed E-state index contributed by atoms with van der Waals surface area (Å²) in [6.07, 6.45) is 3.43. The van der Waals surface area contributed by atoms with E-state index in [2.05, 4.69) is 28.7 Å². The third-order valence-corrected chi connectivity index (χ3v) is 5.46. The molecule has 1 saturated heterocycles. The van der Waals surface area contributed by atoms with Gasteiger partial charge in [0.25, 0.3) is 0 Å². The highest BCUT2D eigenvalue weighted by molar-refractivity contribution is 7.10. The highest BCUT2D eigenvalue weighted by Crippen LogP contribution is 2.24. The second-order valence-electron chi connectivity index (χ2n) is 5.85. The number of hydrogen-bond acceptors (Lipinski definition) is 4. The minimum Gasteiger partial charge on any atom is -0.337 e. The summed E-state index contributed by atoms with van der Waals surface area (Å²) in [7, 11) is 2.08. The van der Waals surface area contributed by atoms with Crippen LogP contribution in [0.1, 0.15) is 23.3 Å². The number of fused-ring (bicyclic) bond motifs is 1. The van der Waals surface area contributed by atoms with Gasteiger partial charge in [0.2, 0.25) is 5.91 Å². The molecule has 4 nitrogen and oxygen atoms in total. The standard InChI is InChI=1S/C15H23N3OS/c1-17(13-3-2-6-16-9-13)11-15(19)18-7-4-14-12(10-18)5-8-20-14/h5,8,13,16H,2-4,6-7,9-11H2,1H3. The van der Waals surface area contributed by atoms with Crippen LogP contribution in [-0.2, 0) is 17.8 Å². The van der Waals surface area contributed by atoms with Gasteiger partial charge in [0.05, 0.1) is 6.54 Å². The molecule has 0 bridgehead atoms. The average Bonchev–Trinajstić information content (AvgIpc) is 2.95. The summed E-state index contributed by atoms with van der Waals surface area (Å²) >= 11 is 1.82. The van der Waals surface area contributed by atoms with Crippen molar-refractivity contribution in [2.24, 2.45) is 0 Å². The normalized spacial score (nSPS) is 22.9. The van der Waals surface area contributed by atoms with Gasteiger partial charge in [0, 0.05) is 30.6 Å². The van der Waals surface area contributed by atoms with Gasteiger partial charge in [-0.3, -0.25) is 9.69 Å². The molecule has 1 N–H and O–H groups in total. The minimum atomic E-state index is 0.273. The molecule has 1 fully saturated rings. The summed E-state index contributed by atoms with van der Waals surface area (Å²) in [5.74, 6) is 0.273. The zero-order valence-electron chi connectivity index (χ0n) is 12.1. The lowest BCUT2D eigenvalue weighted by molar-refractivity contribution is -0.133. The maximum Gasteiger partial charge on any atom is 0.237 e. The second kappa shape index (κ2) is 6.24. The van der Waals surface area contributed by atoms with Crippen LogP contribution in [0, 0.1) is 0 Å². The number of piperidine rings is 1.